The van der Waals surface area contributed by atoms with Gasteiger partial charge in [0.1, 0.15) is 0 Å². The zero-order valence-electron chi connectivity index (χ0n) is 10.2. The van der Waals surface area contributed by atoms with E-state index in [4.69, 9.17) is 0 Å². The van der Waals surface area contributed by atoms with E-state index in [0.717, 1.165) is 16.6 Å². The fourth-order valence-electron chi connectivity index (χ4n) is 1.73. The van der Waals surface area contributed by atoms with Crippen LogP contribution in [0.4, 0.5) is 0 Å². The summed E-state index contributed by atoms with van der Waals surface area (Å²) in [5.41, 5.74) is 1.37. The topological polar surface area (TPSA) is 32.3 Å². The molecule has 2 aromatic rings. The van der Waals surface area contributed by atoms with Gasteiger partial charge >= 0.3 is 0 Å². The molecular formula is C14H16BrNOS. The molecule has 0 saturated heterocycles. The minimum atomic E-state index is -0.810. The molecule has 1 unspecified atom stereocenters. The second-order valence-electron chi connectivity index (χ2n) is 4.52. The summed E-state index contributed by atoms with van der Waals surface area (Å²) in [6, 6.07) is 10.1. The van der Waals surface area contributed by atoms with Crippen molar-refractivity contribution >= 4 is 27.3 Å². The molecule has 2 rings (SSSR count). The number of rotatable bonds is 5. The maximum atomic E-state index is 10.3. The Balaban J connectivity index is 1.87. The van der Waals surface area contributed by atoms with Crippen molar-refractivity contribution in [3.05, 3.63) is 56.7 Å². The quantitative estimate of drug-likeness (QED) is 0.881. The molecule has 0 aliphatic carbocycles. The Morgan fingerprint density at radius 1 is 1.28 bits per heavy atom. The maximum absolute atomic E-state index is 10.3. The molecule has 0 spiro atoms. The summed E-state index contributed by atoms with van der Waals surface area (Å²) in [6.07, 6.45) is 0. The van der Waals surface area contributed by atoms with Crippen LogP contribution in [0.15, 0.2) is 45.6 Å². The lowest BCUT2D eigenvalue weighted by Gasteiger charge is -2.23. The zero-order valence-corrected chi connectivity index (χ0v) is 12.6. The first-order valence-corrected chi connectivity index (χ1v) is 7.52. The highest BCUT2D eigenvalue weighted by atomic mass is 79.9. The van der Waals surface area contributed by atoms with Crippen LogP contribution in [0.25, 0.3) is 0 Å². The van der Waals surface area contributed by atoms with Gasteiger partial charge < -0.3 is 10.4 Å². The first kappa shape index (κ1) is 13.7. The molecule has 0 bridgehead atoms. The van der Waals surface area contributed by atoms with Gasteiger partial charge in [0.25, 0.3) is 0 Å². The molecular weight excluding hydrogens is 310 g/mol. The predicted octanol–water partition coefficient (Wildman–Crippen LogP) is 3.51. The van der Waals surface area contributed by atoms with Crippen molar-refractivity contribution in [3.8, 4) is 0 Å². The predicted molar refractivity (Wildman–Crippen MR) is 79.7 cm³/mol. The molecule has 2 nitrogen and oxygen atoms in total. The molecule has 4 heteroatoms. The van der Waals surface area contributed by atoms with Crippen molar-refractivity contribution in [2.24, 2.45) is 0 Å². The van der Waals surface area contributed by atoms with Gasteiger partial charge in [-0.1, -0.05) is 28.1 Å². The van der Waals surface area contributed by atoms with Gasteiger partial charge in [-0.05, 0) is 47.0 Å². The van der Waals surface area contributed by atoms with Crippen molar-refractivity contribution in [1.29, 1.82) is 0 Å². The molecule has 2 N–H and O–H groups in total. The molecule has 0 aliphatic rings. The van der Waals surface area contributed by atoms with Crippen LogP contribution in [0.1, 0.15) is 18.1 Å². The Kier molecular flexibility index (Phi) is 4.56. The summed E-state index contributed by atoms with van der Waals surface area (Å²) in [4.78, 5) is 0. The number of aliphatic hydroxyl groups is 1. The van der Waals surface area contributed by atoms with Gasteiger partial charge in [0.05, 0.1) is 5.60 Å². The largest absolute Gasteiger partial charge is 0.384 e. The van der Waals surface area contributed by atoms with Gasteiger partial charge in [0, 0.05) is 17.6 Å². The standard InChI is InChI=1S/C14H16BrNOS/c1-14(17,12-6-7-18-9-12)10-16-8-11-2-4-13(15)5-3-11/h2-7,9,16-17H,8,10H2,1H3. The Hall–Kier alpha value is -0.680. The summed E-state index contributed by atoms with van der Waals surface area (Å²) in [7, 11) is 0. The van der Waals surface area contributed by atoms with E-state index < -0.39 is 5.60 Å². The summed E-state index contributed by atoms with van der Waals surface area (Å²) >= 11 is 5.02. The van der Waals surface area contributed by atoms with Gasteiger partial charge in [-0.25, -0.2) is 0 Å². The molecule has 1 aromatic heterocycles. The highest BCUT2D eigenvalue weighted by Crippen LogP contribution is 2.22. The fourth-order valence-corrected chi connectivity index (χ4v) is 2.77. The number of halogens is 1. The van der Waals surface area contributed by atoms with Crippen LogP contribution in [0.3, 0.4) is 0 Å². The van der Waals surface area contributed by atoms with E-state index in [-0.39, 0.29) is 0 Å². The third-order valence-corrected chi connectivity index (χ3v) is 4.07. The summed E-state index contributed by atoms with van der Waals surface area (Å²) in [6.45, 7) is 3.14. The van der Waals surface area contributed by atoms with Crippen molar-refractivity contribution in [2.45, 2.75) is 19.1 Å². The van der Waals surface area contributed by atoms with Crippen LogP contribution in [0.5, 0.6) is 0 Å². The van der Waals surface area contributed by atoms with E-state index >= 15 is 0 Å². The first-order chi connectivity index (χ1) is 8.58. The van der Waals surface area contributed by atoms with Gasteiger partial charge in [0.2, 0.25) is 0 Å². The minimum absolute atomic E-state index is 0.541. The molecule has 0 amide bonds. The lowest BCUT2D eigenvalue weighted by atomic mass is 9.99. The number of hydrogen-bond acceptors (Lipinski definition) is 3. The molecule has 18 heavy (non-hydrogen) atoms. The van der Waals surface area contributed by atoms with Gasteiger partial charge in [-0.3, -0.25) is 0 Å². The summed E-state index contributed by atoms with van der Waals surface area (Å²) < 4.78 is 1.08. The van der Waals surface area contributed by atoms with Crippen LogP contribution >= 0.6 is 27.3 Å². The van der Waals surface area contributed by atoms with Crippen molar-refractivity contribution < 1.29 is 5.11 Å². The lowest BCUT2D eigenvalue weighted by molar-refractivity contribution is 0.0571. The van der Waals surface area contributed by atoms with E-state index in [0.29, 0.717) is 6.54 Å². The SMILES string of the molecule is CC(O)(CNCc1ccc(Br)cc1)c1ccsc1. The van der Waals surface area contributed by atoms with Crippen LogP contribution in [0, 0.1) is 0 Å². The number of nitrogens with one attached hydrogen (secondary N) is 1. The van der Waals surface area contributed by atoms with Gasteiger partial charge in [0.15, 0.2) is 0 Å². The molecule has 96 valence electrons. The molecule has 0 fully saturated rings. The van der Waals surface area contributed by atoms with Crippen molar-refractivity contribution in [2.75, 3.05) is 6.54 Å². The smallest absolute Gasteiger partial charge is 0.1000 e. The average molecular weight is 326 g/mol. The fraction of sp³-hybridized carbons (Fsp3) is 0.286. The normalized spacial score (nSPS) is 14.4. The Labute approximate surface area is 120 Å². The van der Waals surface area contributed by atoms with E-state index in [1.807, 2.05) is 35.9 Å². The van der Waals surface area contributed by atoms with Crippen LogP contribution in [0.2, 0.25) is 0 Å². The molecule has 0 saturated carbocycles. The van der Waals surface area contributed by atoms with Crippen LogP contribution in [-0.4, -0.2) is 11.7 Å². The number of hydrogen-bond donors (Lipinski definition) is 2. The third kappa shape index (κ3) is 3.65. The van der Waals surface area contributed by atoms with E-state index in [1.165, 1.54) is 5.56 Å². The number of benzene rings is 1. The maximum Gasteiger partial charge on any atom is 0.1000 e. The molecule has 1 aromatic carbocycles. The monoisotopic (exact) mass is 325 g/mol. The van der Waals surface area contributed by atoms with Gasteiger partial charge in [-0.2, -0.15) is 11.3 Å². The van der Waals surface area contributed by atoms with Gasteiger partial charge in [-0.15, -0.1) is 0 Å². The second-order valence-corrected chi connectivity index (χ2v) is 6.21. The minimum Gasteiger partial charge on any atom is -0.384 e. The molecule has 0 radical (unpaired) electrons. The van der Waals surface area contributed by atoms with Crippen molar-refractivity contribution in [1.82, 2.24) is 5.32 Å². The summed E-state index contributed by atoms with van der Waals surface area (Å²) in [5.74, 6) is 0. The van der Waals surface area contributed by atoms with E-state index in [1.54, 1.807) is 11.3 Å². The Morgan fingerprint density at radius 3 is 2.61 bits per heavy atom. The Morgan fingerprint density at radius 2 is 2.00 bits per heavy atom. The lowest BCUT2D eigenvalue weighted by Crippen LogP contribution is -2.34. The second kappa shape index (κ2) is 5.97. The van der Waals surface area contributed by atoms with Crippen molar-refractivity contribution in [3.63, 3.8) is 0 Å². The third-order valence-electron chi connectivity index (χ3n) is 2.85. The highest BCUT2D eigenvalue weighted by Gasteiger charge is 2.22. The van der Waals surface area contributed by atoms with E-state index in [2.05, 4.69) is 33.4 Å². The first-order valence-electron chi connectivity index (χ1n) is 5.78. The average Bonchev–Trinajstić information content (AvgIpc) is 2.86. The highest BCUT2D eigenvalue weighted by molar-refractivity contribution is 9.10. The molecule has 1 atom stereocenters. The molecule has 1 heterocycles. The van der Waals surface area contributed by atoms with E-state index in [9.17, 15) is 5.11 Å². The summed E-state index contributed by atoms with van der Waals surface area (Å²) in [5, 5.41) is 17.6. The van der Waals surface area contributed by atoms with Crippen LogP contribution < -0.4 is 5.32 Å². The molecule has 0 aliphatic heterocycles. The Bertz CT molecular complexity index is 479. The number of thiophene rings is 1. The zero-order chi connectivity index (χ0) is 13.0. The van der Waals surface area contributed by atoms with Crippen LogP contribution in [-0.2, 0) is 12.1 Å².